The summed E-state index contributed by atoms with van der Waals surface area (Å²) in [4.78, 5) is 10.9. The van der Waals surface area contributed by atoms with Gasteiger partial charge in [0.2, 0.25) is 0 Å². The molecule has 0 unspecified atom stereocenters. The van der Waals surface area contributed by atoms with Gasteiger partial charge in [0, 0.05) is 0 Å². The van der Waals surface area contributed by atoms with Crippen LogP contribution in [0.25, 0.3) is 0 Å². The van der Waals surface area contributed by atoms with E-state index < -0.39 is 12.3 Å². The average molecular weight is 176 g/mol. The van der Waals surface area contributed by atoms with E-state index in [-0.39, 0.29) is 18.3 Å². The molecule has 0 spiro atoms. The molecule has 1 aliphatic rings. The minimum atomic E-state index is -1.28. The fourth-order valence-corrected chi connectivity index (χ4v) is 1.48. The highest BCUT2D eigenvalue weighted by atomic mass is 19.1. The minimum absolute atomic E-state index is 0.0911. The molecule has 70 valence electrons. The second-order valence-electron chi connectivity index (χ2n) is 3.12. The monoisotopic (exact) mass is 176 g/mol. The van der Waals surface area contributed by atoms with Crippen LogP contribution in [-0.2, 0) is 9.53 Å². The molecule has 0 aliphatic heterocycles. The number of esters is 1. The molecule has 0 bridgehead atoms. The molecule has 3 nitrogen and oxygen atoms in total. The van der Waals surface area contributed by atoms with Gasteiger partial charge >= 0.3 is 5.97 Å². The summed E-state index contributed by atoms with van der Waals surface area (Å²) in [5.74, 6) is -0.738. The molecule has 0 radical (unpaired) electrons. The first-order chi connectivity index (χ1) is 5.65. The third-order valence-corrected chi connectivity index (χ3v) is 2.27. The molecule has 1 fully saturated rings. The summed E-state index contributed by atoms with van der Waals surface area (Å²) in [5, 5.41) is 9.02. The average Bonchev–Trinajstić information content (AvgIpc) is 2.08. The quantitative estimate of drug-likeness (QED) is 0.597. The summed E-state index contributed by atoms with van der Waals surface area (Å²) in [6.07, 6.45) is -1.21. The largest absolute Gasteiger partial charge is 0.469 e. The summed E-state index contributed by atoms with van der Waals surface area (Å²) < 4.78 is 17.4. The lowest BCUT2D eigenvalue weighted by atomic mass is 9.86. The Balaban J connectivity index is 2.45. The SMILES string of the molecule is COC(=O)[C@@H]1CC[C@H](O)[C@@H](F)C1. The molecule has 12 heavy (non-hydrogen) atoms. The second-order valence-corrected chi connectivity index (χ2v) is 3.12. The molecule has 1 saturated carbocycles. The van der Waals surface area contributed by atoms with Crippen molar-refractivity contribution in [3.05, 3.63) is 0 Å². The zero-order valence-corrected chi connectivity index (χ0v) is 7.00. The van der Waals surface area contributed by atoms with E-state index >= 15 is 0 Å². The Kier molecular flexibility index (Phi) is 3.03. The minimum Gasteiger partial charge on any atom is -0.469 e. The van der Waals surface area contributed by atoms with Crippen molar-refractivity contribution in [3.8, 4) is 0 Å². The molecule has 1 N–H and O–H groups in total. The number of carbonyl (C=O) groups excluding carboxylic acids is 1. The molecule has 0 aromatic carbocycles. The predicted molar refractivity (Wildman–Crippen MR) is 40.3 cm³/mol. The van der Waals surface area contributed by atoms with Crippen LogP contribution < -0.4 is 0 Å². The Morgan fingerprint density at radius 1 is 1.58 bits per heavy atom. The lowest BCUT2D eigenvalue weighted by Crippen LogP contribution is -2.34. The van der Waals surface area contributed by atoms with Crippen molar-refractivity contribution in [1.82, 2.24) is 0 Å². The van der Waals surface area contributed by atoms with Crippen LogP contribution in [0.2, 0.25) is 0 Å². The number of alkyl halides is 1. The summed E-state index contributed by atoms with van der Waals surface area (Å²) >= 11 is 0. The van der Waals surface area contributed by atoms with Crippen molar-refractivity contribution in [2.45, 2.75) is 31.5 Å². The first kappa shape index (κ1) is 9.45. The van der Waals surface area contributed by atoms with Gasteiger partial charge in [-0.3, -0.25) is 4.79 Å². The topological polar surface area (TPSA) is 46.5 Å². The Morgan fingerprint density at radius 2 is 2.25 bits per heavy atom. The number of aliphatic hydroxyl groups excluding tert-OH is 1. The van der Waals surface area contributed by atoms with Gasteiger partial charge in [0.15, 0.2) is 0 Å². The number of hydrogen-bond donors (Lipinski definition) is 1. The lowest BCUT2D eigenvalue weighted by molar-refractivity contribution is -0.148. The van der Waals surface area contributed by atoms with Gasteiger partial charge in [0.05, 0.1) is 19.1 Å². The van der Waals surface area contributed by atoms with E-state index in [1.807, 2.05) is 0 Å². The van der Waals surface area contributed by atoms with Crippen molar-refractivity contribution < 1.29 is 19.0 Å². The number of hydrogen-bond acceptors (Lipinski definition) is 3. The maximum atomic E-state index is 12.9. The second kappa shape index (κ2) is 3.85. The van der Waals surface area contributed by atoms with E-state index in [2.05, 4.69) is 4.74 Å². The Hall–Kier alpha value is -0.640. The maximum Gasteiger partial charge on any atom is 0.308 e. The van der Waals surface area contributed by atoms with E-state index in [1.165, 1.54) is 7.11 Å². The van der Waals surface area contributed by atoms with Crippen LogP contribution in [0.15, 0.2) is 0 Å². The van der Waals surface area contributed by atoms with Crippen LogP contribution in [0, 0.1) is 5.92 Å². The Labute approximate surface area is 70.5 Å². The fraction of sp³-hybridized carbons (Fsp3) is 0.875. The van der Waals surface area contributed by atoms with Gasteiger partial charge in [-0.1, -0.05) is 0 Å². The van der Waals surface area contributed by atoms with E-state index in [4.69, 9.17) is 5.11 Å². The molecule has 0 aromatic rings. The van der Waals surface area contributed by atoms with E-state index in [9.17, 15) is 9.18 Å². The maximum absolute atomic E-state index is 12.9. The van der Waals surface area contributed by atoms with Gasteiger partial charge in [-0.2, -0.15) is 0 Å². The van der Waals surface area contributed by atoms with Gasteiger partial charge in [-0.05, 0) is 19.3 Å². The third kappa shape index (κ3) is 1.94. The van der Waals surface area contributed by atoms with Crippen molar-refractivity contribution >= 4 is 5.97 Å². The molecule has 0 amide bonds. The fourth-order valence-electron chi connectivity index (χ4n) is 1.48. The normalized spacial score (nSPS) is 36.1. The first-order valence-electron chi connectivity index (χ1n) is 4.05. The molecule has 0 saturated heterocycles. The number of methoxy groups -OCH3 is 1. The Bertz CT molecular complexity index is 172. The summed E-state index contributed by atoms with van der Waals surface area (Å²) in [6.45, 7) is 0. The van der Waals surface area contributed by atoms with Crippen LogP contribution >= 0.6 is 0 Å². The molecule has 4 heteroatoms. The summed E-state index contributed by atoms with van der Waals surface area (Å²) in [5.41, 5.74) is 0. The van der Waals surface area contributed by atoms with Gasteiger partial charge in [0.1, 0.15) is 6.17 Å². The van der Waals surface area contributed by atoms with Crippen LogP contribution in [0.1, 0.15) is 19.3 Å². The van der Waals surface area contributed by atoms with Crippen molar-refractivity contribution in [3.63, 3.8) is 0 Å². The zero-order chi connectivity index (χ0) is 9.14. The van der Waals surface area contributed by atoms with Gasteiger partial charge in [-0.25, -0.2) is 4.39 Å². The number of ether oxygens (including phenoxy) is 1. The molecule has 0 aromatic heterocycles. The first-order valence-corrected chi connectivity index (χ1v) is 4.05. The predicted octanol–water partition coefficient (Wildman–Crippen LogP) is 0.658. The van der Waals surface area contributed by atoms with Crippen LogP contribution in [-0.4, -0.2) is 30.5 Å². The van der Waals surface area contributed by atoms with Crippen molar-refractivity contribution in [2.75, 3.05) is 7.11 Å². The molecule has 1 aliphatic carbocycles. The number of halogens is 1. The van der Waals surface area contributed by atoms with E-state index in [0.717, 1.165) is 0 Å². The summed E-state index contributed by atoms with van der Waals surface area (Å²) in [6, 6.07) is 0. The number of aliphatic hydroxyl groups is 1. The van der Waals surface area contributed by atoms with Gasteiger partial charge in [0.25, 0.3) is 0 Å². The molecule has 1 rings (SSSR count). The van der Waals surface area contributed by atoms with E-state index in [1.54, 1.807) is 0 Å². The van der Waals surface area contributed by atoms with Gasteiger partial charge < -0.3 is 9.84 Å². The molecular formula is C8H13FO3. The van der Waals surface area contributed by atoms with Gasteiger partial charge in [-0.15, -0.1) is 0 Å². The van der Waals surface area contributed by atoms with E-state index in [0.29, 0.717) is 12.8 Å². The third-order valence-electron chi connectivity index (χ3n) is 2.27. The van der Waals surface area contributed by atoms with Crippen molar-refractivity contribution in [1.29, 1.82) is 0 Å². The highest BCUT2D eigenvalue weighted by Crippen LogP contribution is 2.27. The highest BCUT2D eigenvalue weighted by Gasteiger charge is 2.33. The lowest BCUT2D eigenvalue weighted by Gasteiger charge is -2.26. The van der Waals surface area contributed by atoms with Crippen LogP contribution in [0.4, 0.5) is 4.39 Å². The van der Waals surface area contributed by atoms with Crippen LogP contribution in [0.5, 0.6) is 0 Å². The number of carbonyl (C=O) groups is 1. The zero-order valence-electron chi connectivity index (χ0n) is 7.00. The molecule has 3 atom stereocenters. The smallest absolute Gasteiger partial charge is 0.308 e. The van der Waals surface area contributed by atoms with Crippen molar-refractivity contribution in [2.24, 2.45) is 5.92 Å². The standard InChI is InChI=1S/C8H13FO3/c1-12-8(11)5-2-3-7(10)6(9)4-5/h5-7,10H,2-4H2,1H3/t5-,6+,7+/m1/s1. The van der Waals surface area contributed by atoms with Crippen LogP contribution in [0.3, 0.4) is 0 Å². The Morgan fingerprint density at radius 3 is 2.75 bits per heavy atom. The number of rotatable bonds is 1. The molecule has 0 heterocycles. The highest BCUT2D eigenvalue weighted by molar-refractivity contribution is 5.72. The summed E-state index contributed by atoms with van der Waals surface area (Å²) in [7, 11) is 1.29. The molecular weight excluding hydrogens is 163 g/mol.